The Kier molecular flexibility index (Phi) is 4.01. The lowest BCUT2D eigenvalue weighted by Crippen LogP contribution is -2.07. The average Bonchev–Trinajstić information content (AvgIpc) is 2.19. The Hall–Kier alpha value is -1.48. The predicted octanol–water partition coefficient (Wildman–Crippen LogP) is 2.39. The quantitative estimate of drug-likeness (QED) is 0.780. The molecule has 1 N–H and O–H groups in total. The average molecular weight is 212 g/mol. The molecule has 0 aliphatic rings. The molecule has 0 heterocycles. The van der Waals surface area contributed by atoms with E-state index < -0.39 is 0 Å². The second-order valence-electron chi connectivity index (χ2n) is 2.51. The zero-order valence-corrected chi connectivity index (χ0v) is 8.41. The maximum Gasteiger partial charge on any atom is 0.249 e. The monoisotopic (exact) mass is 211 g/mol. The summed E-state index contributed by atoms with van der Waals surface area (Å²) in [6, 6.07) is 7.03. The van der Waals surface area contributed by atoms with E-state index >= 15 is 0 Å². The Bertz CT molecular complexity index is 332. The minimum atomic E-state index is -0.259. The topological polar surface area (TPSA) is 38.3 Å². The first kappa shape index (κ1) is 10.6. The van der Waals surface area contributed by atoms with E-state index in [4.69, 9.17) is 16.3 Å². The molecule has 0 aromatic heterocycles. The van der Waals surface area contributed by atoms with Gasteiger partial charge in [0, 0.05) is 17.3 Å². The number of rotatable bonds is 3. The van der Waals surface area contributed by atoms with E-state index in [1.807, 2.05) is 0 Å². The van der Waals surface area contributed by atoms with Gasteiger partial charge in [-0.15, -0.1) is 0 Å². The number of amides is 1. The lowest BCUT2D eigenvalue weighted by Gasteiger charge is -2.03. The summed E-state index contributed by atoms with van der Waals surface area (Å²) < 4.78 is 4.97. The van der Waals surface area contributed by atoms with Gasteiger partial charge in [0.15, 0.2) is 0 Å². The lowest BCUT2D eigenvalue weighted by atomic mass is 10.3. The largest absolute Gasteiger partial charge is 0.497 e. The van der Waals surface area contributed by atoms with E-state index in [2.05, 4.69) is 5.32 Å². The third kappa shape index (κ3) is 3.11. The maximum absolute atomic E-state index is 11.1. The summed E-state index contributed by atoms with van der Waals surface area (Å²) in [5.74, 6) is 0.487. The van der Waals surface area contributed by atoms with Crippen molar-refractivity contribution in [3.05, 3.63) is 35.9 Å². The van der Waals surface area contributed by atoms with Crippen LogP contribution in [0.4, 0.5) is 5.69 Å². The molecule has 0 saturated carbocycles. The summed E-state index contributed by atoms with van der Waals surface area (Å²) in [7, 11) is 1.59. The molecule has 0 atom stereocenters. The van der Waals surface area contributed by atoms with Gasteiger partial charge in [0.1, 0.15) is 5.75 Å². The first-order chi connectivity index (χ1) is 6.76. The van der Waals surface area contributed by atoms with Crippen LogP contribution in [-0.2, 0) is 4.79 Å². The van der Waals surface area contributed by atoms with Gasteiger partial charge < -0.3 is 10.1 Å². The standard InChI is InChI=1S/C10H10ClNO2/c1-14-9-4-2-8(3-5-9)12-10(13)6-7-11/h2-7H,1H3,(H,12,13). The third-order valence-electron chi connectivity index (χ3n) is 1.57. The van der Waals surface area contributed by atoms with Crippen LogP contribution in [0.15, 0.2) is 35.9 Å². The van der Waals surface area contributed by atoms with Crippen LogP contribution in [0.5, 0.6) is 5.75 Å². The molecule has 0 aliphatic heterocycles. The van der Waals surface area contributed by atoms with Gasteiger partial charge >= 0.3 is 0 Å². The summed E-state index contributed by atoms with van der Waals surface area (Å²) in [5, 5.41) is 2.63. The van der Waals surface area contributed by atoms with Crippen molar-refractivity contribution in [3.8, 4) is 5.75 Å². The molecule has 1 aromatic rings. The Labute approximate surface area is 87.3 Å². The molecule has 1 amide bonds. The van der Waals surface area contributed by atoms with Crippen LogP contribution in [0.1, 0.15) is 0 Å². The second-order valence-corrected chi connectivity index (χ2v) is 2.76. The fourth-order valence-corrected chi connectivity index (χ4v) is 1.03. The molecule has 0 radical (unpaired) electrons. The number of benzene rings is 1. The molecule has 1 rings (SSSR count). The molecule has 0 spiro atoms. The maximum atomic E-state index is 11.1. The van der Waals surface area contributed by atoms with Crippen LogP contribution in [0.2, 0.25) is 0 Å². The Morgan fingerprint density at radius 3 is 2.57 bits per heavy atom. The van der Waals surface area contributed by atoms with E-state index in [0.29, 0.717) is 5.69 Å². The van der Waals surface area contributed by atoms with Crippen LogP contribution >= 0.6 is 11.6 Å². The summed E-state index contributed by atoms with van der Waals surface area (Å²) in [6.45, 7) is 0. The summed E-state index contributed by atoms with van der Waals surface area (Å²) >= 11 is 5.25. The molecular weight excluding hydrogens is 202 g/mol. The number of methoxy groups -OCH3 is 1. The SMILES string of the molecule is COc1ccc(NC(=O)C=CCl)cc1. The highest BCUT2D eigenvalue weighted by Gasteiger charge is 1.97. The van der Waals surface area contributed by atoms with E-state index in [1.54, 1.807) is 31.4 Å². The molecule has 0 saturated heterocycles. The number of hydrogen-bond donors (Lipinski definition) is 1. The Morgan fingerprint density at radius 2 is 2.07 bits per heavy atom. The van der Waals surface area contributed by atoms with Gasteiger partial charge in [0.2, 0.25) is 5.91 Å². The molecular formula is C10H10ClNO2. The lowest BCUT2D eigenvalue weighted by molar-refractivity contribution is -0.111. The summed E-state index contributed by atoms with van der Waals surface area (Å²) in [5.41, 5.74) is 1.87. The van der Waals surface area contributed by atoms with Gasteiger partial charge in [0.05, 0.1) is 7.11 Å². The van der Waals surface area contributed by atoms with Crippen LogP contribution in [0.25, 0.3) is 0 Å². The number of carbonyl (C=O) groups excluding carboxylic acids is 1. The zero-order chi connectivity index (χ0) is 10.4. The summed E-state index contributed by atoms with van der Waals surface area (Å²) in [4.78, 5) is 11.1. The Morgan fingerprint density at radius 1 is 1.43 bits per heavy atom. The van der Waals surface area contributed by atoms with Crippen LogP contribution in [0.3, 0.4) is 0 Å². The summed E-state index contributed by atoms with van der Waals surface area (Å²) in [6.07, 6.45) is 1.24. The number of hydrogen-bond acceptors (Lipinski definition) is 2. The molecule has 0 fully saturated rings. The van der Waals surface area contributed by atoms with Crippen LogP contribution in [0, 0.1) is 0 Å². The normalized spacial score (nSPS) is 10.1. The van der Waals surface area contributed by atoms with Gasteiger partial charge in [0.25, 0.3) is 0 Å². The third-order valence-corrected chi connectivity index (χ3v) is 1.70. The zero-order valence-electron chi connectivity index (χ0n) is 7.66. The fraction of sp³-hybridized carbons (Fsp3) is 0.100. The minimum absolute atomic E-state index is 0.259. The predicted molar refractivity (Wildman–Crippen MR) is 56.6 cm³/mol. The van der Waals surface area contributed by atoms with Crippen molar-refractivity contribution in [1.29, 1.82) is 0 Å². The smallest absolute Gasteiger partial charge is 0.249 e. The van der Waals surface area contributed by atoms with Gasteiger partial charge in [-0.3, -0.25) is 4.79 Å². The number of carbonyl (C=O) groups is 1. The first-order valence-electron chi connectivity index (χ1n) is 3.98. The number of ether oxygens (including phenoxy) is 1. The van der Waals surface area contributed by atoms with Crippen LogP contribution in [-0.4, -0.2) is 13.0 Å². The van der Waals surface area contributed by atoms with Crippen molar-refractivity contribution in [2.24, 2.45) is 0 Å². The van der Waals surface area contributed by atoms with Gasteiger partial charge in [-0.25, -0.2) is 0 Å². The Balaban J connectivity index is 2.64. The van der Waals surface area contributed by atoms with Gasteiger partial charge in [-0.05, 0) is 24.3 Å². The highest BCUT2D eigenvalue weighted by atomic mass is 35.5. The van der Waals surface area contributed by atoms with Crippen LogP contribution < -0.4 is 10.1 Å². The highest BCUT2D eigenvalue weighted by Crippen LogP contribution is 2.14. The van der Waals surface area contributed by atoms with Crippen molar-refractivity contribution in [2.45, 2.75) is 0 Å². The molecule has 0 aliphatic carbocycles. The van der Waals surface area contributed by atoms with E-state index in [9.17, 15) is 4.79 Å². The molecule has 0 unspecified atom stereocenters. The number of anilines is 1. The molecule has 1 aromatic carbocycles. The van der Waals surface area contributed by atoms with Gasteiger partial charge in [-0.1, -0.05) is 11.6 Å². The molecule has 4 heteroatoms. The van der Waals surface area contributed by atoms with E-state index in [1.165, 1.54) is 11.6 Å². The molecule has 3 nitrogen and oxygen atoms in total. The molecule has 14 heavy (non-hydrogen) atoms. The highest BCUT2D eigenvalue weighted by molar-refractivity contribution is 6.27. The fourth-order valence-electron chi connectivity index (χ4n) is 0.915. The van der Waals surface area contributed by atoms with E-state index in [-0.39, 0.29) is 5.91 Å². The second kappa shape index (κ2) is 5.29. The number of halogens is 1. The van der Waals surface area contributed by atoms with Crippen molar-refractivity contribution >= 4 is 23.2 Å². The number of nitrogens with one attached hydrogen (secondary N) is 1. The van der Waals surface area contributed by atoms with Gasteiger partial charge in [-0.2, -0.15) is 0 Å². The van der Waals surface area contributed by atoms with Crippen molar-refractivity contribution < 1.29 is 9.53 Å². The molecule has 74 valence electrons. The van der Waals surface area contributed by atoms with Crippen molar-refractivity contribution in [3.63, 3.8) is 0 Å². The molecule has 0 bridgehead atoms. The van der Waals surface area contributed by atoms with Crippen molar-refractivity contribution in [1.82, 2.24) is 0 Å². The minimum Gasteiger partial charge on any atom is -0.497 e. The van der Waals surface area contributed by atoms with Crippen molar-refractivity contribution in [2.75, 3.05) is 12.4 Å². The first-order valence-corrected chi connectivity index (χ1v) is 4.41. The van der Waals surface area contributed by atoms with E-state index in [0.717, 1.165) is 5.75 Å².